The molecule has 2 heterocycles. The predicted molar refractivity (Wildman–Crippen MR) is 240 cm³/mol. The summed E-state index contributed by atoms with van der Waals surface area (Å²) in [6.07, 6.45) is 2.93. The molecule has 0 saturated carbocycles. The number of allylic oxidation sites excluding steroid dienone is 2. The summed E-state index contributed by atoms with van der Waals surface area (Å²) in [7, 11) is 0. The van der Waals surface area contributed by atoms with Crippen molar-refractivity contribution in [2.75, 3.05) is 0 Å². The van der Waals surface area contributed by atoms with Crippen LogP contribution in [-0.4, -0.2) is 15.9 Å². The smallest absolute Gasteiger partial charge is 0.418 e. The molecule has 0 fully saturated rings. The number of thiophene rings is 1. The van der Waals surface area contributed by atoms with Crippen LogP contribution in [-0.2, 0) is 42.9 Å². The van der Waals surface area contributed by atoms with E-state index in [-0.39, 0.29) is 64.6 Å². The zero-order valence-electron chi connectivity index (χ0n) is 36.4. The fourth-order valence-electron chi connectivity index (χ4n) is 7.97. The second kappa shape index (κ2) is 19.3. The van der Waals surface area contributed by atoms with Gasteiger partial charge in [-0.3, -0.25) is 9.78 Å². The molecule has 0 aliphatic carbocycles. The number of benzene rings is 4. The number of aromatic nitrogens is 1. The Labute approximate surface area is 366 Å². The van der Waals surface area contributed by atoms with E-state index in [1.165, 1.54) is 17.4 Å². The Morgan fingerprint density at radius 3 is 1.98 bits per heavy atom. The first kappa shape index (κ1) is 47.8. The molecule has 1 radical (unpaired) electrons. The van der Waals surface area contributed by atoms with Crippen LogP contribution < -0.4 is 0 Å². The van der Waals surface area contributed by atoms with Crippen LogP contribution in [0.3, 0.4) is 0 Å². The molecule has 0 bridgehead atoms. The van der Waals surface area contributed by atoms with Crippen molar-refractivity contribution < 1.29 is 43.2 Å². The second-order valence-corrected chi connectivity index (χ2v) is 18.8. The van der Waals surface area contributed by atoms with Gasteiger partial charge in [-0.05, 0) is 83.6 Å². The van der Waals surface area contributed by atoms with Crippen molar-refractivity contribution >= 4 is 48.1 Å². The van der Waals surface area contributed by atoms with E-state index >= 15 is 0 Å². The molecule has 2 aromatic heterocycles. The molecular formula is C51H59F3IrNO2S-. The summed E-state index contributed by atoms with van der Waals surface area (Å²) in [5, 5.41) is 13.2. The number of ketones is 1. The quantitative estimate of drug-likeness (QED) is 0.0845. The number of carbonyl (C=O) groups is 1. The minimum absolute atomic E-state index is 0. The number of halogens is 3. The largest absolute Gasteiger partial charge is 0.512 e. The molecule has 0 unspecified atom stereocenters. The minimum atomic E-state index is -4.53. The van der Waals surface area contributed by atoms with Gasteiger partial charge < -0.3 is 5.11 Å². The molecule has 1 N–H and O–H groups in total. The number of aliphatic hydroxyl groups is 1. The average Bonchev–Trinajstić information content (AvgIpc) is 3.52. The number of alkyl halides is 3. The first-order chi connectivity index (χ1) is 27.2. The molecule has 0 aliphatic heterocycles. The second-order valence-electron chi connectivity index (χ2n) is 17.8. The molecular weight excluding hydrogens is 940 g/mol. The first-order valence-electron chi connectivity index (χ1n) is 20.6. The van der Waals surface area contributed by atoms with Gasteiger partial charge in [0.15, 0.2) is 5.78 Å². The molecule has 3 nitrogen and oxygen atoms in total. The van der Waals surface area contributed by atoms with E-state index in [1.54, 1.807) is 12.3 Å². The van der Waals surface area contributed by atoms with E-state index in [2.05, 4.69) is 59.7 Å². The van der Waals surface area contributed by atoms with Crippen molar-refractivity contribution in [3.8, 4) is 22.4 Å². The number of nitrogens with zero attached hydrogens (tertiary/aromatic N) is 1. The number of fused-ring (bicyclic) bond motifs is 4. The Kier molecular flexibility index (Phi) is 15.6. The van der Waals surface area contributed by atoms with Crippen LogP contribution >= 0.6 is 11.3 Å². The van der Waals surface area contributed by atoms with Crippen LogP contribution in [0.15, 0.2) is 84.8 Å². The van der Waals surface area contributed by atoms with Crippen molar-refractivity contribution in [1.82, 2.24) is 4.98 Å². The van der Waals surface area contributed by atoms with Crippen molar-refractivity contribution in [1.29, 1.82) is 0 Å². The molecule has 0 saturated heterocycles. The first-order valence-corrected chi connectivity index (χ1v) is 21.4. The monoisotopic (exact) mass is 999 g/mol. The fraction of sp³-hybridized carbons (Fsp3) is 0.412. The number of hydrogen-bond donors (Lipinski definition) is 1. The van der Waals surface area contributed by atoms with Crippen molar-refractivity contribution in [3.63, 3.8) is 0 Å². The van der Waals surface area contributed by atoms with Gasteiger partial charge in [0.2, 0.25) is 0 Å². The summed E-state index contributed by atoms with van der Waals surface area (Å²) in [6, 6.07) is 24.9. The van der Waals surface area contributed by atoms with Crippen LogP contribution in [0.25, 0.3) is 53.3 Å². The summed E-state index contributed by atoms with van der Waals surface area (Å²) in [5.74, 6) is 0.547. The number of aliphatic hydroxyl groups excluding tert-OH is 1. The molecule has 6 aromatic rings. The van der Waals surface area contributed by atoms with E-state index in [9.17, 15) is 23.1 Å². The zero-order chi connectivity index (χ0) is 42.7. The minimum Gasteiger partial charge on any atom is -0.512 e. The third-order valence-corrected chi connectivity index (χ3v) is 12.3. The maximum absolute atomic E-state index is 15.0. The molecule has 6 rings (SSSR count). The Morgan fingerprint density at radius 1 is 0.797 bits per heavy atom. The van der Waals surface area contributed by atoms with Gasteiger partial charge in [-0.1, -0.05) is 129 Å². The Hall–Kier alpha value is -3.84. The number of aryl methyl sites for hydroxylation is 1. The van der Waals surface area contributed by atoms with E-state index in [0.717, 1.165) is 75.2 Å². The molecule has 8 heteroatoms. The Bertz CT molecular complexity index is 2440. The predicted octanol–water partition coefficient (Wildman–Crippen LogP) is 15.8. The van der Waals surface area contributed by atoms with Crippen molar-refractivity contribution in [2.24, 2.45) is 17.3 Å². The number of rotatable bonds is 10. The number of pyridine rings is 1. The van der Waals surface area contributed by atoms with E-state index in [4.69, 9.17) is 4.98 Å². The maximum Gasteiger partial charge on any atom is 0.418 e. The van der Waals surface area contributed by atoms with Crippen LogP contribution in [0.5, 0.6) is 0 Å². The normalized spacial score (nSPS) is 12.6. The van der Waals surface area contributed by atoms with E-state index in [1.807, 2.05) is 83.1 Å². The van der Waals surface area contributed by atoms with E-state index in [0.29, 0.717) is 16.6 Å². The van der Waals surface area contributed by atoms with Crippen molar-refractivity contribution in [2.45, 2.75) is 120 Å². The molecule has 59 heavy (non-hydrogen) atoms. The zero-order valence-corrected chi connectivity index (χ0v) is 39.6. The SMILES string of the molecule is CCC(CC)C(=O)/C=C(\O)C(CC)CC.Cc1cc(CC(C)(C)C)ccc1-c1ccc2c(sc3c(-c4[c-]c5ccccc5c(C(C)(C)C)c4)nccc32)c1C(F)(F)F.[Ir]. The summed E-state index contributed by atoms with van der Waals surface area (Å²) in [5.41, 5.74) is 4.76. The summed E-state index contributed by atoms with van der Waals surface area (Å²) in [4.78, 5) is 16.4. The summed E-state index contributed by atoms with van der Waals surface area (Å²) >= 11 is 1.18. The molecule has 317 valence electrons. The van der Waals surface area contributed by atoms with Gasteiger partial charge >= 0.3 is 6.18 Å². The summed E-state index contributed by atoms with van der Waals surface area (Å²) in [6.45, 7) is 23.0. The molecule has 0 spiro atoms. The van der Waals surface area contributed by atoms with Crippen LogP contribution in [0.4, 0.5) is 13.2 Å². The van der Waals surface area contributed by atoms with Gasteiger partial charge in [-0.15, -0.1) is 40.5 Å². The van der Waals surface area contributed by atoms with Crippen LogP contribution in [0.2, 0.25) is 0 Å². The number of hydrogen-bond acceptors (Lipinski definition) is 4. The van der Waals surface area contributed by atoms with Crippen molar-refractivity contribution in [3.05, 3.63) is 113 Å². The van der Waals surface area contributed by atoms with Gasteiger partial charge in [0, 0.05) is 64.7 Å². The maximum atomic E-state index is 15.0. The van der Waals surface area contributed by atoms with Gasteiger partial charge in [-0.25, -0.2) is 0 Å². The van der Waals surface area contributed by atoms with Crippen LogP contribution in [0, 0.1) is 30.2 Å². The molecule has 4 aromatic carbocycles. The van der Waals surface area contributed by atoms with E-state index < -0.39 is 11.7 Å². The van der Waals surface area contributed by atoms with Gasteiger partial charge in [0.1, 0.15) is 0 Å². The third kappa shape index (κ3) is 10.9. The molecule has 0 amide bonds. The molecule has 0 atom stereocenters. The standard InChI is InChI=1S/C38H35F3NS.C13H24O2.Ir/c1-22-18-23(21-36(2,3)4)12-13-26(22)28-14-15-29-30-16-17-42-33(35(30)43-34(29)32(28)38(39,40)41)25-19-24-10-8-9-11-27(24)31(20-25)37(5,6)7;1-5-10(6-2)12(14)9-13(15)11(7-3)8-4;/h8-18,20H,21H2,1-7H3;9-11,14H,5-8H2,1-4H3;/q-1;;/b;12-9-;. The average molecular weight is 999 g/mol. The van der Waals surface area contributed by atoms with Crippen LogP contribution in [0.1, 0.15) is 117 Å². The third-order valence-electron chi connectivity index (χ3n) is 11.1. The number of carbonyl (C=O) groups excluding carboxylic acids is 1. The van der Waals surface area contributed by atoms with Gasteiger partial charge in [-0.2, -0.15) is 13.2 Å². The fourth-order valence-corrected chi connectivity index (χ4v) is 9.34. The molecule has 0 aliphatic rings. The van der Waals surface area contributed by atoms with Gasteiger partial charge in [0.05, 0.1) is 11.3 Å². The van der Waals surface area contributed by atoms with Gasteiger partial charge in [0.25, 0.3) is 0 Å². The topological polar surface area (TPSA) is 50.2 Å². The Morgan fingerprint density at radius 2 is 1.41 bits per heavy atom. The Balaban J connectivity index is 0.000000411. The summed E-state index contributed by atoms with van der Waals surface area (Å²) < 4.78 is 46.0.